The van der Waals surface area contributed by atoms with Gasteiger partial charge in [0.2, 0.25) is 0 Å². The van der Waals surface area contributed by atoms with Gasteiger partial charge in [-0.15, -0.1) is 21.5 Å². The fourth-order valence-electron chi connectivity index (χ4n) is 2.22. The first-order valence-corrected chi connectivity index (χ1v) is 7.07. The first-order chi connectivity index (χ1) is 8.84. The molecule has 0 aliphatic carbocycles. The summed E-state index contributed by atoms with van der Waals surface area (Å²) in [6, 6.07) is 8.71. The maximum atomic E-state index is 4.36. The molecule has 0 bridgehead atoms. The Labute approximate surface area is 111 Å². The fourth-order valence-corrected chi connectivity index (χ4v) is 2.91. The Balaban J connectivity index is 1.82. The fraction of sp³-hybridized carbons (Fsp3) is 0.385. The number of anilines is 1. The third-order valence-electron chi connectivity index (χ3n) is 3.22. The van der Waals surface area contributed by atoms with Crippen LogP contribution in [0.25, 0.3) is 10.6 Å². The highest BCUT2D eigenvalue weighted by Crippen LogP contribution is 2.23. The minimum Gasteiger partial charge on any atom is -0.350 e. The largest absolute Gasteiger partial charge is 0.350 e. The van der Waals surface area contributed by atoms with Crippen molar-refractivity contribution in [3.8, 4) is 10.6 Å². The predicted molar refractivity (Wildman–Crippen MR) is 75.0 cm³/mol. The second kappa shape index (κ2) is 5.04. The van der Waals surface area contributed by atoms with Crippen molar-refractivity contribution in [2.75, 3.05) is 24.5 Å². The quantitative estimate of drug-likeness (QED) is 0.896. The van der Waals surface area contributed by atoms with E-state index in [-0.39, 0.29) is 0 Å². The second-order valence-electron chi connectivity index (χ2n) is 4.50. The Hall–Kier alpha value is -1.46. The van der Waals surface area contributed by atoms with Crippen LogP contribution in [-0.4, -0.2) is 35.9 Å². The molecule has 94 valence electrons. The van der Waals surface area contributed by atoms with Gasteiger partial charge in [0.15, 0.2) is 5.82 Å². The van der Waals surface area contributed by atoms with E-state index < -0.39 is 0 Å². The Kier molecular flexibility index (Phi) is 3.25. The van der Waals surface area contributed by atoms with Crippen LogP contribution < -0.4 is 10.2 Å². The average molecular weight is 260 g/mol. The van der Waals surface area contributed by atoms with Crippen LogP contribution in [-0.2, 0) is 0 Å². The Morgan fingerprint density at radius 2 is 2.28 bits per heavy atom. The Morgan fingerprint density at radius 3 is 2.94 bits per heavy atom. The van der Waals surface area contributed by atoms with E-state index >= 15 is 0 Å². The van der Waals surface area contributed by atoms with Crippen LogP contribution in [0.1, 0.15) is 6.92 Å². The number of hydrogen-bond acceptors (Lipinski definition) is 5. The summed E-state index contributed by atoms with van der Waals surface area (Å²) in [5.41, 5.74) is 0.955. The van der Waals surface area contributed by atoms with Crippen molar-refractivity contribution >= 4 is 17.2 Å². The number of nitrogens with zero attached hydrogens (tertiary/aromatic N) is 3. The summed E-state index contributed by atoms with van der Waals surface area (Å²) in [5, 5.41) is 14.1. The lowest BCUT2D eigenvalue weighted by Crippen LogP contribution is -2.50. The number of aromatic nitrogens is 2. The smallest absolute Gasteiger partial charge is 0.151 e. The van der Waals surface area contributed by atoms with Gasteiger partial charge < -0.3 is 10.2 Å². The van der Waals surface area contributed by atoms with E-state index in [1.807, 2.05) is 6.07 Å². The van der Waals surface area contributed by atoms with E-state index in [1.54, 1.807) is 11.3 Å². The van der Waals surface area contributed by atoms with Gasteiger partial charge in [0, 0.05) is 25.7 Å². The van der Waals surface area contributed by atoms with E-state index in [2.05, 4.69) is 50.9 Å². The summed E-state index contributed by atoms with van der Waals surface area (Å²) in [4.78, 5) is 3.48. The van der Waals surface area contributed by atoms with Crippen molar-refractivity contribution in [1.82, 2.24) is 15.5 Å². The number of hydrogen-bond donors (Lipinski definition) is 1. The van der Waals surface area contributed by atoms with Gasteiger partial charge in [-0.3, -0.25) is 0 Å². The first kappa shape index (κ1) is 11.6. The number of thiophene rings is 1. The highest BCUT2D eigenvalue weighted by molar-refractivity contribution is 7.13. The predicted octanol–water partition coefficient (Wildman–Crippen LogP) is 2.00. The number of nitrogens with one attached hydrogen (secondary N) is 1. The highest BCUT2D eigenvalue weighted by Gasteiger charge is 2.19. The minimum absolute atomic E-state index is 0.473. The third kappa shape index (κ3) is 2.23. The third-order valence-corrected chi connectivity index (χ3v) is 4.11. The molecule has 0 amide bonds. The van der Waals surface area contributed by atoms with E-state index in [1.165, 1.54) is 4.88 Å². The molecule has 3 rings (SSSR count). The van der Waals surface area contributed by atoms with Gasteiger partial charge >= 0.3 is 0 Å². The van der Waals surface area contributed by atoms with Gasteiger partial charge in [-0.2, -0.15) is 0 Å². The lowest BCUT2D eigenvalue weighted by atomic mass is 10.2. The molecule has 1 unspecified atom stereocenters. The standard InChI is InChI=1S/C13H16N4S/c1-10-9-14-6-7-17(10)13-5-4-11(15-16-13)12-3-2-8-18-12/h2-5,8,10,14H,6-7,9H2,1H3. The second-order valence-corrected chi connectivity index (χ2v) is 5.45. The van der Waals surface area contributed by atoms with Crippen molar-refractivity contribution in [3.05, 3.63) is 29.6 Å². The molecular formula is C13H16N4S. The molecule has 2 aromatic rings. The molecule has 0 saturated carbocycles. The van der Waals surface area contributed by atoms with E-state index in [4.69, 9.17) is 0 Å². The van der Waals surface area contributed by atoms with Gasteiger partial charge in [0.1, 0.15) is 5.69 Å². The summed E-state index contributed by atoms with van der Waals surface area (Å²) in [7, 11) is 0. The zero-order chi connectivity index (χ0) is 12.4. The average Bonchev–Trinajstić information content (AvgIpc) is 2.94. The summed E-state index contributed by atoms with van der Waals surface area (Å²) in [6.07, 6.45) is 0. The van der Waals surface area contributed by atoms with Crippen molar-refractivity contribution in [1.29, 1.82) is 0 Å². The highest BCUT2D eigenvalue weighted by atomic mass is 32.1. The van der Waals surface area contributed by atoms with Crippen LogP contribution in [0.2, 0.25) is 0 Å². The molecule has 1 fully saturated rings. The van der Waals surface area contributed by atoms with Crippen LogP contribution in [0.4, 0.5) is 5.82 Å². The molecule has 4 nitrogen and oxygen atoms in total. The first-order valence-electron chi connectivity index (χ1n) is 6.19. The van der Waals surface area contributed by atoms with Crippen molar-refractivity contribution in [3.63, 3.8) is 0 Å². The topological polar surface area (TPSA) is 41.0 Å². The molecule has 0 spiro atoms. The monoisotopic (exact) mass is 260 g/mol. The Bertz CT molecular complexity index is 494. The van der Waals surface area contributed by atoms with Gasteiger partial charge in [0.25, 0.3) is 0 Å². The molecule has 1 saturated heterocycles. The lowest BCUT2D eigenvalue weighted by Gasteiger charge is -2.34. The van der Waals surface area contributed by atoms with Crippen molar-refractivity contribution in [2.24, 2.45) is 0 Å². The minimum atomic E-state index is 0.473. The van der Waals surface area contributed by atoms with E-state index in [0.717, 1.165) is 31.1 Å². The van der Waals surface area contributed by atoms with Crippen LogP contribution in [0.5, 0.6) is 0 Å². The summed E-state index contributed by atoms with van der Waals surface area (Å²) in [6.45, 7) is 5.22. The molecule has 2 aromatic heterocycles. The molecule has 0 radical (unpaired) electrons. The summed E-state index contributed by atoms with van der Waals surface area (Å²) >= 11 is 1.69. The molecule has 18 heavy (non-hydrogen) atoms. The molecule has 3 heterocycles. The van der Waals surface area contributed by atoms with Crippen LogP contribution in [0.3, 0.4) is 0 Å². The van der Waals surface area contributed by atoms with Crippen LogP contribution in [0.15, 0.2) is 29.6 Å². The SMILES string of the molecule is CC1CNCCN1c1ccc(-c2cccs2)nn1. The van der Waals surface area contributed by atoms with Gasteiger partial charge in [-0.05, 0) is 30.5 Å². The Morgan fingerprint density at radius 1 is 1.33 bits per heavy atom. The van der Waals surface area contributed by atoms with E-state index in [0.29, 0.717) is 6.04 Å². The summed E-state index contributed by atoms with van der Waals surface area (Å²) in [5.74, 6) is 0.976. The molecule has 1 N–H and O–H groups in total. The molecule has 1 atom stereocenters. The zero-order valence-electron chi connectivity index (χ0n) is 10.3. The molecule has 5 heteroatoms. The van der Waals surface area contributed by atoms with Crippen LogP contribution >= 0.6 is 11.3 Å². The lowest BCUT2D eigenvalue weighted by molar-refractivity contribution is 0.495. The zero-order valence-corrected chi connectivity index (χ0v) is 11.2. The maximum Gasteiger partial charge on any atom is 0.151 e. The van der Waals surface area contributed by atoms with Gasteiger partial charge in [-0.1, -0.05) is 6.07 Å². The molecule has 0 aromatic carbocycles. The number of rotatable bonds is 2. The van der Waals surface area contributed by atoms with Gasteiger partial charge in [0.05, 0.1) is 4.88 Å². The van der Waals surface area contributed by atoms with Crippen molar-refractivity contribution < 1.29 is 0 Å². The van der Waals surface area contributed by atoms with Gasteiger partial charge in [-0.25, -0.2) is 0 Å². The molecule has 1 aliphatic rings. The maximum absolute atomic E-state index is 4.36. The van der Waals surface area contributed by atoms with Crippen molar-refractivity contribution in [2.45, 2.75) is 13.0 Å². The molecule has 1 aliphatic heterocycles. The summed E-state index contributed by atoms with van der Waals surface area (Å²) < 4.78 is 0. The van der Waals surface area contributed by atoms with E-state index in [9.17, 15) is 0 Å². The number of piperazine rings is 1. The molecular weight excluding hydrogens is 244 g/mol. The normalized spacial score (nSPS) is 20.1. The van der Waals surface area contributed by atoms with Crippen LogP contribution in [0, 0.1) is 0 Å².